The van der Waals surface area contributed by atoms with E-state index in [-0.39, 0.29) is 27.6 Å². The van der Waals surface area contributed by atoms with Gasteiger partial charge in [-0.2, -0.15) is 0 Å². The number of urea groups is 1. The van der Waals surface area contributed by atoms with Crippen LogP contribution in [0.1, 0.15) is 25.8 Å². The zero-order chi connectivity index (χ0) is 25.3. The first kappa shape index (κ1) is 24.5. The fourth-order valence-electron chi connectivity index (χ4n) is 3.16. The number of aromatic nitrogens is 3. The molecule has 0 fully saturated rings. The number of amides is 2. The maximum Gasteiger partial charge on any atom is 0.323 e. The summed E-state index contributed by atoms with van der Waals surface area (Å²) < 4.78 is 29.1. The van der Waals surface area contributed by atoms with Crippen LogP contribution >= 0.6 is 22.9 Å². The average molecular weight is 515 g/mol. The minimum absolute atomic E-state index is 0.0462. The number of carbonyl (C=O) groups is 1. The quantitative estimate of drug-likeness (QED) is 0.280. The molecule has 2 aromatic carbocycles. The topological polar surface area (TPSA) is 106 Å². The van der Waals surface area contributed by atoms with Gasteiger partial charge in [0.25, 0.3) is 0 Å². The molecule has 4 N–H and O–H groups in total. The fraction of sp³-hybridized carbons (Fsp3) is 0.167. The Kier molecular flexibility index (Phi) is 6.68. The highest BCUT2D eigenvalue weighted by Crippen LogP contribution is 2.41. The van der Waals surface area contributed by atoms with E-state index in [9.17, 15) is 9.18 Å². The van der Waals surface area contributed by atoms with Crippen molar-refractivity contribution in [3.05, 3.63) is 70.3 Å². The van der Waals surface area contributed by atoms with Crippen molar-refractivity contribution in [3.8, 4) is 21.8 Å². The first-order valence-electron chi connectivity index (χ1n) is 10.4. The summed E-state index contributed by atoms with van der Waals surface area (Å²) >= 11 is 7.07. The van der Waals surface area contributed by atoms with Crippen LogP contribution in [0.25, 0.3) is 21.8 Å². The minimum atomic E-state index is -0.702. The molecule has 4 rings (SSSR count). The molecule has 180 valence electrons. The minimum Gasteiger partial charge on any atom is -0.368 e. The second kappa shape index (κ2) is 9.55. The number of nitrogen functional groups attached to an aromatic ring is 1. The van der Waals surface area contributed by atoms with Crippen molar-refractivity contribution in [2.24, 2.45) is 0 Å². The second-order valence-electron chi connectivity index (χ2n) is 8.64. The summed E-state index contributed by atoms with van der Waals surface area (Å²) in [6, 6.07) is 8.97. The molecule has 0 radical (unpaired) electrons. The summed E-state index contributed by atoms with van der Waals surface area (Å²) in [5, 5.41) is 5.98. The lowest BCUT2D eigenvalue weighted by molar-refractivity contribution is 0.262. The Hall–Kier alpha value is -3.63. The van der Waals surface area contributed by atoms with Crippen molar-refractivity contribution in [2.45, 2.75) is 26.2 Å². The van der Waals surface area contributed by atoms with Gasteiger partial charge in [-0.05, 0) is 42.5 Å². The number of nitrogens with one attached hydrogen (secondary N) is 2. The van der Waals surface area contributed by atoms with Crippen molar-refractivity contribution in [3.63, 3.8) is 0 Å². The molecular formula is C24H21ClF2N6OS. The van der Waals surface area contributed by atoms with Gasteiger partial charge in [-0.15, -0.1) is 11.3 Å². The van der Waals surface area contributed by atoms with Crippen molar-refractivity contribution < 1.29 is 13.6 Å². The lowest BCUT2D eigenvalue weighted by Crippen LogP contribution is -2.20. The van der Waals surface area contributed by atoms with Crippen molar-refractivity contribution in [1.29, 1.82) is 0 Å². The van der Waals surface area contributed by atoms with Crippen LogP contribution in [0.5, 0.6) is 0 Å². The van der Waals surface area contributed by atoms with Crippen molar-refractivity contribution in [2.75, 3.05) is 16.4 Å². The van der Waals surface area contributed by atoms with Gasteiger partial charge in [0.05, 0.1) is 21.3 Å². The highest BCUT2D eigenvalue weighted by molar-refractivity contribution is 7.15. The van der Waals surface area contributed by atoms with E-state index in [0.29, 0.717) is 22.0 Å². The monoisotopic (exact) mass is 514 g/mol. The van der Waals surface area contributed by atoms with Gasteiger partial charge < -0.3 is 16.4 Å². The van der Waals surface area contributed by atoms with Crippen LogP contribution in [0.3, 0.4) is 0 Å². The first-order valence-corrected chi connectivity index (χ1v) is 11.6. The summed E-state index contributed by atoms with van der Waals surface area (Å²) in [4.78, 5) is 25.9. The summed E-state index contributed by atoms with van der Waals surface area (Å²) in [6.45, 7) is 6.01. The molecular weight excluding hydrogens is 494 g/mol. The third-order valence-electron chi connectivity index (χ3n) is 4.83. The maximum absolute atomic E-state index is 15.0. The number of halogens is 3. The number of anilines is 3. The van der Waals surface area contributed by atoms with Crippen LogP contribution in [-0.4, -0.2) is 21.0 Å². The lowest BCUT2D eigenvalue weighted by Gasteiger charge is -2.13. The number of benzene rings is 2. The number of rotatable bonds is 4. The van der Waals surface area contributed by atoms with E-state index >= 15 is 4.39 Å². The van der Waals surface area contributed by atoms with Crippen LogP contribution in [0.2, 0.25) is 5.02 Å². The van der Waals surface area contributed by atoms with Gasteiger partial charge in [-0.1, -0.05) is 32.4 Å². The molecule has 0 aliphatic heterocycles. The summed E-state index contributed by atoms with van der Waals surface area (Å²) in [5.74, 6) is -1.12. The Morgan fingerprint density at radius 3 is 2.49 bits per heavy atom. The molecule has 35 heavy (non-hydrogen) atoms. The molecule has 0 spiro atoms. The van der Waals surface area contributed by atoms with E-state index < -0.39 is 17.7 Å². The first-order chi connectivity index (χ1) is 16.5. The van der Waals surface area contributed by atoms with Crippen LogP contribution in [0.15, 0.2) is 48.7 Å². The zero-order valence-corrected chi connectivity index (χ0v) is 20.6. The fourth-order valence-corrected chi connectivity index (χ4v) is 4.46. The van der Waals surface area contributed by atoms with Crippen LogP contribution < -0.4 is 16.4 Å². The Morgan fingerprint density at radius 2 is 1.80 bits per heavy atom. The molecule has 0 bridgehead atoms. The Morgan fingerprint density at radius 1 is 1.03 bits per heavy atom. The third kappa shape index (κ3) is 5.55. The van der Waals surface area contributed by atoms with E-state index in [4.69, 9.17) is 22.3 Å². The van der Waals surface area contributed by atoms with Gasteiger partial charge in [0.2, 0.25) is 5.95 Å². The highest BCUT2D eigenvalue weighted by atomic mass is 35.5. The molecule has 2 aromatic heterocycles. The van der Waals surface area contributed by atoms with E-state index in [1.807, 2.05) is 20.8 Å². The Bertz CT molecular complexity index is 1420. The molecule has 0 saturated heterocycles. The largest absolute Gasteiger partial charge is 0.368 e. The van der Waals surface area contributed by atoms with Gasteiger partial charge in [0.15, 0.2) is 0 Å². The third-order valence-corrected chi connectivity index (χ3v) is 6.58. The van der Waals surface area contributed by atoms with E-state index in [1.54, 1.807) is 6.07 Å². The molecule has 0 atom stereocenters. The molecule has 2 amide bonds. The summed E-state index contributed by atoms with van der Waals surface area (Å²) in [5.41, 5.74) is 6.84. The summed E-state index contributed by atoms with van der Waals surface area (Å²) in [7, 11) is 0. The molecule has 2 heterocycles. The van der Waals surface area contributed by atoms with Crippen LogP contribution in [0, 0.1) is 11.6 Å². The number of hydrogen-bond donors (Lipinski definition) is 3. The number of thiazole rings is 1. The Balaban J connectivity index is 1.70. The van der Waals surface area contributed by atoms with Crippen LogP contribution in [0.4, 0.5) is 30.9 Å². The second-order valence-corrected chi connectivity index (χ2v) is 10.1. The number of hydrogen-bond acceptors (Lipinski definition) is 6. The number of nitrogens with two attached hydrogens (primary N) is 1. The zero-order valence-electron chi connectivity index (χ0n) is 19.0. The molecule has 0 aliphatic rings. The molecule has 4 aromatic rings. The van der Waals surface area contributed by atoms with E-state index in [1.165, 1.54) is 47.9 Å². The Labute approximate surface area is 209 Å². The summed E-state index contributed by atoms with van der Waals surface area (Å²) in [6.07, 6.45) is 1.51. The van der Waals surface area contributed by atoms with Crippen molar-refractivity contribution >= 4 is 46.3 Å². The van der Waals surface area contributed by atoms with Gasteiger partial charge in [-0.25, -0.2) is 28.5 Å². The smallest absolute Gasteiger partial charge is 0.323 e. The molecule has 7 nitrogen and oxygen atoms in total. The number of nitrogens with zero attached hydrogens (tertiary/aromatic N) is 3. The van der Waals surface area contributed by atoms with Gasteiger partial charge >= 0.3 is 6.03 Å². The van der Waals surface area contributed by atoms with Crippen LogP contribution in [-0.2, 0) is 5.41 Å². The highest BCUT2D eigenvalue weighted by Gasteiger charge is 2.25. The van der Waals surface area contributed by atoms with E-state index in [0.717, 1.165) is 11.1 Å². The molecule has 0 unspecified atom stereocenters. The maximum atomic E-state index is 15.0. The molecule has 0 saturated carbocycles. The van der Waals surface area contributed by atoms with E-state index in [2.05, 4.69) is 20.6 Å². The molecule has 0 aliphatic carbocycles. The van der Waals surface area contributed by atoms with Gasteiger partial charge in [0.1, 0.15) is 17.3 Å². The average Bonchev–Trinajstić information content (AvgIpc) is 3.23. The molecule has 11 heteroatoms. The van der Waals surface area contributed by atoms with Gasteiger partial charge in [-0.3, -0.25) is 0 Å². The normalized spacial score (nSPS) is 11.4. The lowest BCUT2D eigenvalue weighted by atomic mass is 9.98. The number of carbonyl (C=O) groups excluding carboxylic acids is 1. The SMILES string of the molecule is CC(C)(C)c1nc(-c2ccnc(N)n2)c(-c2cc(NC(=O)Nc3ccc(Cl)cc3F)ccc2F)s1. The predicted octanol–water partition coefficient (Wildman–Crippen LogP) is 6.72. The standard InChI is InChI=1S/C24H21ClF2N6OS/c1-24(2,3)21-33-19(18-8-9-29-22(28)31-18)20(35-21)14-11-13(5-6-15(14)26)30-23(34)32-17-7-4-12(25)10-16(17)27/h4-11H,1-3H3,(H2,28,29,31)(H2,30,32,34). The van der Waals surface area contributed by atoms with Crippen molar-refractivity contribution in [1.82, 2.24) is 15.0 Å². The predicted molar refractivity (Wildman–Crippen MR) is 136 cm³/mol. The van der Waals surface area contributed by atoms with Gasteiger partial charge in [0, 0.05) is 27.9 Å².